The number of carbonyl (C=O) groups is 1. The van der Waals surface area contributed by atoms with Crippen LogP contribution < -0.4 is 26.6 Å². The molecule has 0 saturated heterocycles. The fraction of sp³-hybridized carbons (Fsp3) is 0.450. The van der Waals surface area contributed by atoms with E-state index in [1.54, 1.807) is 0 Å². The molecule has 11 heteroatoms. The highest BCUT2D eigenvalue weighted by molar-refractivity contribution is 6.43. The lowest BCUT2D eigenvalue weighted by Gasteiger charge is -2.25. The van der Waals surface area contributed by atoms with E-state index in [1.165, 1.54) is 21.6 Å². The number of halogens is 3. The van der Waals surface area contributed by atoms with Gasteiger partial charge in [0, 0.05) is 19.2 Å². The first-order chi connectivity index (χ1) is 14.6. The molecule has 170 valence electrons. The highest BCUT2D eigenvalue weighted by Crippen LogP contribution is 2.34. The van der Waals surface area contributed by atoms with E-state index in [-0.39, 0.29) is 44.8 Å². The normalized spacial score (nSPS) is 11.1. The Morgan fingerprint density at radius 1 is 1.19 bits per heavy atom. The zero-order chi connectivity index (χ0) is 23.3. The van der Waals surface area contributed by atoms with Crippen molar-refractivity contribution in [3.63, 3.8) is 0 Å². The monoisotopic (exact) mass is 490 g/mol. The summed E-state index contributed by atoms with van der Waals surface area (Å²) in [6, 6.07) is 2.81. The van der Waals surface area contributed by atoms with Gasteiger partial charge in [0.05, 0.1) is 15.1 Å². The number of hydrogen-bond donors (Lipinski definition) is 2. The number of amides is 1. The standard InChI is InChI=1S/C20H25Cl3N4O4/c1-4-5-6-26(16(28)10-31-15-8-13(22)12(21)7-14(15)23)17-18(24)27(9-11(2)3)20(30)25-19(17)29/h7-8,11H,4-6,9-10,24H2,1-3H3,(H,25,29,30). The summed E-state index contributed by atoms with van der Waals surface area (Å²) in [6.07, 6.45) is 1.38. The van der Waals surface area contributed by atoms with Crippen LogP contribution in [0.2, 0.25) is 15.1 Å². The van der Waals surface area contributed by atoms with Crippen LogP contribution in [0.3, 0.4) is 0 Å². The molecule has 1 aromatic carbocycles. The maximum absolute atomic E-state index is 13.0. The maximum atomic E-state index is 13.0. The Kier molecular flexibility index (Phi) is 8.85. The second-order valence-electron chi connectivity index (χ2n) is 7.38. The molecular weight excluding hydrogens is 467 g/mol. The fourth-order valence-corrected chi connectivity index (χ4v) is 3.49. The van der Waals surface area contributed by atoms with E-state index in [4.69, 9.17) is 45.3 Å². The van der Waals surface area contributed by atoms with Crippen LogP contribution in [-0.2, 0) is 11.3 Å². The lowest BCUT2D eigenvalue weighted by molar-refractivity contribution is -0.120. The Morgan fingerprint density at radius 3 is 2.45 bits per heavy atom. The molecule has 0 unspecified atom stereocenters. The molecule has 0 spiro atoms. The average molecular weight is 492 g/mol. The summed E-state index contributed by atoms with van der Waals surface area (Å²) in [4.78, 5) is 41.3. The van der Waals surface area contributed by atoms with Gasteiger partial charge in [-0.1, -0.05) is 62.0 Å². The van der Waals surface area contributed by atoms with Gasteiger partial charge in [0.1, 0.15) is 11.6 Å². The van der Waals surface area contributed by atoms with E-state index in [0.717, 1.165) is 6.42 Å². The molecule has 0 fully saturated rings. The summed E-state index contributed by atoms with van der Waals surface area (Å²) in [6.45, 7) is 5.85. The Hall–Kier alpha value is -2.16. The average Bonchev–Trinajstić information content (AvgIpc) is 2.68. The minimum absolute atomic E-state index is 0.0699. The highest BCUT2D eigenvalue weighted by atomic mass is 35.5. The highest BCUT2D eigenvalue weighted by Gasteiger charge is 2.25. The first kappa shape index (κ1) is 25.1. The van der Waals surface area contributed by atoms with Crippen molar-refractivity contribution in [1.82, 2.24) is 9.55 Å². The van der Waals surface area contributed by atoms with Gasteiger partial charge in [-0.3, -0.25) is 19.1 Å². The molecule has 0 saturated carbocycles. The Bertz CT molecular complexity index is 1070. The van der Waals surface area contributed by atoms with Crippen molar-refractivity contribution in [2.45, 2.75) is 40.2 Å². The van der Waals surface area contributed by atoms with E-state index >= 15 is 0 Å². The van der Waals surface area contributed by atoms with Crippen LogP contribution in [0.25, 0.3) is 0 Å². The van der Waals surface area contributed by atoms with E-state index in [1.807, 2.05) is 20.8 Å². The molecule has 0 aliphatic rings. The number of unbranched alkanes of at least 4 members (excludes halogenated alkanes) is 1. The van der Waals surface area contributed by atoms with Crippen molar-refractivity contribution in [2.75, 3.05) is 23.8 Å². The predicted molar refractivity (Wildman–Crippen MR) is 125 cm³/mol. The summed E-state index contributed by atoms with van der Waals surface area (Å²) >= 11 is 18.0. The number of rotatable bonds is 9. The van der Waals surface area contributed by atoms with Crippen molar-refractivity contribution >= 4 is 52.2 Å². The Morgan fingerprint density at radius 2 is 1.84 bits per heavy atom. The molecule has 0 atom stereocenters. The van der Waals surface area contributed by atoms with Crippen molar-refractivity contribution in [3.8, 4) is 5.75 Å². The van der Waals surface area contributed by atoms with Crippen LogP contribution in [0.15, 0.2) is 21.7 Å². The molecule has 3 N–H and O–H groups in total. The SMILES string of the molecule is CCCCN(C(=O)COc1cc(Cl)c(Cl)cc1Cl)c1c(N)n(CC(C)C)c(=O)[nH]c1=O. The van der Waals surface area contributed by atoms with Crippen molar-refractivity contribution in [3.05, 3.63) is 48.0 Å². The van der Waals surface area contributed by atoms with Crippen LogP contribution in [0.1, 0.15) is 33.6 Å². The quantitative estimate of drug-likeness (QED) is 0.516. The molecule has 2 aromatic rings. The molecule has 1 aromatic heterocycles. The van der Waals surface area contributed by atoms with Gasteiger partial charge in [0.15, 0.2) is 12.3 Å². The zero-order valence-electron chi connectivity index (χ0n) is 17.5. The summed E-state index contributed by atoms with van der Waals surface area (Å²) in [5.74, 6) is -0.327. The van der Waals surface area contributed by atoms with Crippen LogP contribution >= 0.6 is 34.8 Å². The number of H-pyrrole nitrogens is 1. The number of aromatic amines is 1. The van der Waals surface area contributed by atoms with Gasteiger partial charge < -0.3 is 15.4 Å². The number of nitrogens with one attached hydrogen (secondary N) is 1. The largest absolute Gasteiger partial charge is 0.482 e. The molecule has 2 rings (SSSR count). The second kappa shape index (κ2) is 10.9. The third-order valence-electron chi connectivity index (χ3n) is 4.39. The number of ether oxygens (including phenoxy) is 1. The van der Waals surface area contributed by atoms with Gasteiger partial charge in [-0.15, -0.1) is 0 Å². The number of nitrogen functional groups attached to an aromatic ring is 1. The molecule has 0 aliphatic heterocycles. The minimum atomic E-state index is -0.737. The van der Waals surface area contributed by atoms with Crippen molar-refractivity contribution in [1.29, 1.82) is 0 Å². The van der Waals surface area contributed by atoms with E-state index < -0.39 is 23.8 Å². The van der Waals surface area contributed by atoms with Crippen LogP contribution in [0.4, 0.5) is 11.5 Å². The number of benzene rings is 1. The zero-order valence-corrected chi connectivity index (χ0v) is 19.8. The minimum Gasteiger partial charge on any atom is -0.482 e. The van der Waals surface area contributed by atoms with Gasteiger partial charge >= 0.3 is 5.69 Å². The molecular formula is C20H25Cl3N4O4. The second-order valence-corrected chi connectivity index (χ2v) is 8.60. The van der Waals surface area contributed by atoms with Gasteiger partial charge in [0.25, 0.3) is 11.5 Å². The lowest BCUT2D eigenvalue weighted by atomic mass is 10.2. The Balaban J connectivity index is 2.39. The molecule has 0 aliphatic carbocycles. The molecule has 0 radical (unpaired) electrons. The molecule has 1 heterocycles. The van der Waals surface area contributed by atoms with Gasteiger partial charge in [-0.25, -0.2) is 4.79 Å². The number of carbonyl (C=O) groups excluding carboxylic acids is 1. The number of anilines is 2. The van der Waals surface area contributed by atoms with E-state index in [2.05, 4.69) is 4.98 Å². The van der Waals surface area contributed by atoms with Crippen molar-refractivity contribution < 1.29 is 9.53 Å². The maximum Gasteiger partial charge on any atom is 0.330 e. The summed E-state index contributed by atoms with van der Waals surface area (Å²) in [5, 5.41) is 0.657. The van der Waals surface area contributed by atoms with Gasteiger partial charge in [-0.05, 0) is 18.4 Å². The third kappa shape index (κ3) is 6.18. The topological polar surface area (TPSA) is 110 Å². The first-order valence-corrected chi connectivity index (χ1v) is 10.9. The fourth-order valence-electron chi connectivity index (χ4n) is 2.89. The third-order valence-corrected chi connectivity index (χ3v) is 5.41. The molecule has 1 amide bonds. The smallest absolute Gasteiger partial charge is 0.330 e. The van der Waals surface area contributed by atoms with E-state index in [9.17, 15) is 14.4 Å². The number of aromatic nitrogens is 2. The number of nitrogens with two attached hydrogens (primary N) is 1. The lowest BCUT2D eigenvalue weighted by Crippen LogP contribution is -2.43. The van der Waals surface area contributed by atoms with Gasteiger partial charge in [-0.2, -0.15) is 0 Å². The molecule has 0 bridgehead atoms. The first-order valence-electron chi connectivity index (χ1n) is 9.77. The van der Waals surface area contributed by atoms with E-state index in [0.29, 0.717) is 13.0 Å². The summed E-state index contributed by atoms with van der Waals surface area (Å²) in [7, 11) is 0. The predicted octanol–water partition coefficient (Wildman–Crippen LogP) is 3.95. The molecule has 8 nitrogen and oxygen atoms in total. The van der Waals surface area contributed by atoms with Crippen LogP contribution in [-0.4, -0.2) is 28.6 Å². The molecule has 31 heavy (non-hydrogen) atoms. The number of hydrogen-bond acceptors (Lipinski definition) is 5. The van der Waals surface area contributed by atoms with Gasteiger partial charge in [0.2, 0.25) is 0 Å². The van der Waals surface area contributed by atoms with Crippen molar-refractivity contribution in [2.24, 2.45) is 5.92 Å². The van der Waals surface area contributed by atoms with Crippen LogP contribution in [0, 0.1) is 5.92 Å². The summed E-state index contributed by atoms with van der Waals surface area (Å²) in [5.41, 5.74) is 4.73. The Labute approximate surface area is 194 Å². The van der Waals surface area contributed by atoms with Crippen LogP contribution in [0.5, 0.6) is 5.75 Å². The summed E-state index contributed by atoms with van der Waals surface area (Å²) < 4.78 is 6.78. The number of nitrogens with zero attached hydrogens (tertiary/aromatic N) is 2.